The Morgan fingerprint density at radius 2 is 1.95 bits per heavy atom. The molecule has 2 rings (SSSR count). The zero-order valence-electron chi connectivity index (χ0n) is 11.8. The van der Waals surface area contributed by atoms with Crippen LogP contribution in [0.1, 0.15) is 19.4 Å². The lowest BCUT2D eigenvalue weighted by molar-refractivity contribution is 0.466. The Bertz CT molecular complexity index is 540. The largest absolute Gasteiger partial charge is 0.455 e. The summed E-state index contributed by atoms with van der Waals surface area (Å²) in [5, 5.41) is 3.42. The van der Waals surface area contributed by atoms with E-state index < -0.39 is 0 Å². The number of hydrogen-bond donors (Lipinski definition) is 1. The standard InChI is InChI=1S/C16H19BrN2O/c1-12(2)9-19-10-13-7-8-18-11-16(13)20-15-5-3-14(17)4-6-15/h3-8,11-12,19H,9-10H2,1-2H3. The smallest absolute Gasteiger partial charge is 0.150 e. The maximum absolute atomic E-state index is 5.90. The highest BCUT2D eigenvalue weighted by Gasteiger charge is 2.05. The van der Waals surface area contributed by atoms with Crippen LogP contribution in [-0.4, -0.2) is 11.5 Å². The van der Waals surface area contributed by atoms with Gasteiger partial charge in [0, 0.05) is 22.8 Å². The highest BCUT2D eigenvalue weighted by atomic mass is 79.9. The molecule has 0 saturated carbocycles. The second-order valence-corrected chi connectivity index (χ2v) is 5.98. The van der Waals surface area contributed by atoms with Gasteiger partial charge in [0.15, 0.2) is 0 Å². The summed E-state index contributed by atoms with van der Waals surface area (Å²) in [5.41, 5.74) is 1.11. The summed E-state index contributed by atoms with van der Waals surface area (Å²) >= 11 is 3.42. The Labute approximate surface area is 128 Å². The summed E-state index contributed by atoms with van der Waals surface area (Å²) in [6.07, 6.45) is 3.55. The number of rotatable bonds is 6. The van der Waals surface area contributed by atoms with Gasteiger partial charge in [-0.2, -0.15) is 0 Å². The van der Waals surface area contributed by atoms with Gasteiger partial charge in [-0.05, 0) is 42.8 Å². The molecule has 0 spiro atoms. The fourth-order valence-electron chi connectivity index (χ4n) is 1.77. The van der Waals surface area contributed by atoms with Gasteiger partial charge in [-0.1, -0.05) is 29.8 Å². The molecule has 0 radical (unpaired) electrons. The zero-order chi connectivity index (χ0) is 14.4. The molecule has 1 aromatic heterocycles. The first kappa shape index (κ1) is 15.0. The van der Waals surface area contributed by atoms with E-state index in [0.717, 1.165) is 34.6 Å². The van der Waals surface area contributed by atoms with Crippen LogP contribution in [0.5, 0.6) is 11.5 Å². The summed E-state index contributed by atoms with van der Waals surface area (Å²) in [4.78, 5) is 4.14. The van der Waals surface area contributed by atoms with Crippen molar-refractivity contribution in [2.45, 2.75) is 20.4 Å². The van der Waals surface area contributed by atoms with E-state index in [4.69, 9.17) is 4.74 Å². The van der Waals surface area contributed by atoms with Crippen LogP contribution in [0, 0.1) is 5.92 Å². The lowest BCUT2D eigenvalue weighted by Crippen LogP contribution is -2.19. The molecule has 4 heteroatoms. The number of ether oxygens (including phenoxy) is 1. The number of hydrogen-bond acceptors (Lipinski definition) is 3. The second-order valence-electron chi connectivity index (χ2n) is 5.06. The summed E-state index contributed by atoms with van der Waals surface area (Å²) in [7, 11) is 0. The van der Waals surface area contributed by atoms with Crippen molar-refractivity contribution in [1.29, 1.82) is 0 Å². The van der Waals surface area contributed by atoms with E-state index in [1.54, 1.807) is 12.4 Å². The van der Waals surface area contributed by atoms with E-state index >= 15 is 0 Å². The van der Waals surface area contributed by atoms with Crippen LogP contribution in [-0.2, 0) is 6.54 Å². The molecule has 1 aromatic carbocycles. The van der Waals surface area contributed by atoms with Crippen molar-refractivity contribution in [3.63, 3.8) is 0 Å². The maximum Gasteiger partial charge on any atom is 0.150 e. The molecule has 0 bridgehead atoms. The van der Waals surface area contributed by atoms with E-state index in [0.29, 0.717) is 5.92 Å². The number of pyridine rings is 1. The lowest BCUT2D eigenvalue weighted by Gasteiger charge is -2.12. The van der Waals surface area contributed by atoms with Crippen LogP contribution in [0.15, 0.2) is 47.2 Å². The molecule has 3 nitrogen and oxygen atoms in total. The number of nitrogens with zero attached hydrogens (tertiary/aromatic N) is 1. The van der Waals surface area contributed by atoms with E-state index in [9.17, 15) is 0 Å². The molecule has 0 saturated heterocycles. The SMILES string of the molecule is CC(C)CNCc1ccncc1Oc1ccc(Br)cc1. The van der Waals surface area contributed by atoms with Crippen molar-refractivity contribution in [2.24, 2.45) is 5.92 Å². The van der Waals surface area contributed by atoms with Gasteiger partial charge < -0.3 is 10.1 Å². The monoisotopic (exact) mass is 334 g/mol. The van der Waals surface area contributed by atoms with Gasteiger partial charge in [0.05, 0.1) is 6.20 Å². The van der Waals surface area contributed by atoms with Gasteiger partial charge in [-0.15, -0.1) is 0 Å². The van der Waals surface area contributed by atoms with Crippen molar-refractivity contribution < 1.29 is 4.74 Å². The topological polar surface area (TPSA) is 34.2 Å². The Balaban J connectivity index is 2.05. The average Bonchev–Trinajstić information content (AvgIpc) is 2.43. The number of nitrogens with one attached hydrogen (secondary N) is 1. The zero-order valence-corrected chi connectivity index (χ0v) is 13.4. The quantitative estimate of drug-likeness (QED) is 0.851. The predicted octanol–water partition coefficient (Wildman–Crippen LogP) is 4.38. The summed E-state index contributed by atoms with van der Waals surface area (Å²) in [5.74, 6) is 2.24. The van der Waals surface area contributed by atoms with Crippen molar-refractivity contribution in [3.8, 4) is 11.5 Å². The van der Waals surface area contributed by atoms with Gasteiger partial charge >= 0.3 is 0 Å². The van der Waals surface area contributed by atoms with Crippen LogP contribution in [0.25, 0.3) is 0 Å². The fourth-order valence-corrected chi connectivity index (χ4v) is 2.04. The van der Waals surface area contributed by atoms with Crippen molar-refractivity contribution in [1.82, 2.24) is 10.3 Å². The second kappa shape index (κ2) is 7.41. The Morgan fingerprint density at radius 3 is 2.65 bits per heavy atom. The summed E-state index contributed by atoms with van der Waals surface area (Å²) < 4.78 is 6.94. The highest BCUT2D eigenvalue weighted by Crippen LogP contribution is 2.25. The third-order valence-electron chi connectivity index (χ3n) is 2.78. The van der Waals surface area contributed by atoms with E-state index in [1.807, 2.05) is 30.3 Å². The van der Waals surface area contributed by atoms with Crippen LogP contribution in [0.2, 0.25) is 0 Å². The van der Waals surface area contributed by atoms with Crippen LogP contribution in [0.4, 0.5) is 0 Å². The third-order valence-corrected chi connectivity index (χ3v) is 3.31. The molecule has 0 aliphatic carbocycles. The molecule has 0 fully saturated rings. The third kappa shape index (κ3) is 4.62. The predicted molar refractivity (Wildman–Crippen MR) is 85.0 cm³/mol. The van der Waals surface area contributed by atoms with Gasteiger partial charge in [0.1, 0.15) is 11.5 Å². The van der Waals surface area contributed by atoms with Gasteiger partial charge in [0.2, 0.25) is 0 Å². The van der Waals surface area contributed by atoms with Crippen LogP contribution in [0.3, 0.4) is 0 Å². The molecule has 0 unspecified atom stereocenters. The molecular formula is C16H19BrN2O. The Hall–Kier alpha value is -1.39. The van der Waals surface area contributed by atoms with E-state index in [-0.39, 0.29) is 0 Å². The molecule has 106 valence electrons. The molecule has 0 atom stereocenters. The minimum absolute atomic E-state index is 0.632. The van der Waals surface area contributed by atoms with E-state index in [1.165, 1.54) is 0 Å². The average molecular weight is 335 g/mol. The molecule has 20 heavy (non-hydrogen) atoms. The van der Waals surface area contributed by atoms with Crippen molar-refractivity contribution in [3.05, 3.63) is 52.8 Å². The molecule has 1 N–H and O–H groups in total. The number of aromatic nitrogens is 1. The first-order valence-corrected chi connectivity index (χ1v) is 7.51. The van der Waals surface area contributed by atoms with E-state index in [2.05, 4.69) is 40.1 Å². The van der Waals surface area contributed by atoms with Gasteiger partial charge in [-0.3, -0.25) is 4.98 Å². The molecule has 1 heterocycles. The molecule has 0 aliphatic rings. The molecule has 0 amide bonds. The Morgan fingerprint density at radius 1 is 1.20 bits per heavy atom. The summed E-state index contributed by atoms with van der Waals surface area (Å²) in [6.45, 7) is 6.16. The van der Waals surface area contributed by atoms with Crippen LogP contribution >= 0.6 is 15.9 Å². The number of halogens is 1. The fraction of sp³-hybridized carbons (Fsp3) is 0.312. The molecule has 0 aliphatic heterocycles. The van der Waals surface area contributed by atoms with Crippen molar-refractivity contribution >= 4 is 15.9 Å². The van der Waals surface area contributed by atoms with Gasteiger partial charge in [-0.25, -0.2) is 0 Å². The first-order chi connectivity index (χ1) is 9.65. The normalized spacial score (nSPS) is 10.8. The minimum Gasteiger partial charge on any atom is -0.455 e. The molecule has 2 aromatic rings. The first-order valence-electron chi connectivity index (χ1n) is 6.72. The summed E-state index contributed by atoms with van der Waals surface area (Å²) in [6, 6.07) is 9.77. The Kier molecular flexibility index (Phi) is 5.56. The minimum atomic E-state index is 0.632. The van der Waals surface area contributed by atoms with Crippen LogP contribution < -0.4 is 10.1 Å². The lowest BCUT2D eigenvalue weighted by atomic mass is 10.2. The van der Waals surface area contributed by atoms with Gasteiger partial charge in [0.25, 0.3) is 0 Å². The number of benzene rings is 1. The highest BCUT2D eigenvalue weighted by molar-refractivity contribution is 9.10. The molecular weight excluding hydrogens is 316 g/mol. The van der Waals surface area contributed by atoms with Crippen molar-refractivity contribution in [2.75, 3.05) is 6.54 Å². The maximum atomic E-state index is 5.90.